The number of hydrogen-bond acceptors (Lipinski definition) is 2. The minimum atomic E-state index is -0.545. The predicted octanol–water partition coefficient (Wildman–Crippen LogP) is 2.60. The first-order valence-electron chi connectivity index (χ1n) is 3.55. The first kappa shape index (κ1) is 10.0. The molecule has 0 unspecified atom stereocenters. The maximum Gasteiger partial charge on any atom is 0.145 e. The van der Waals surface area contributed by atoms with E-state index in [-0.39, 0.29) is 11.3 Å². The van der Waals surface area contributed by atoms with E-state index in [1.807, 2.05) is 0 Å². The van der Waals surface area contributed by atoms with Crippen LogP contribution >= 0.6 is 15.9 Å². The highest BCUT2D eigenvalue weighted by molar-refractivity contribution is 9.08. The largest absolute Gasteiger partial charge is 0.495 e. The highest BCUT2D eigenvalue weighted by atomic mass is 79.9. The third-order valence-corrected chi connectivity index (χ3v) is 2.25. The first-order valence-corrected chi connectivity index (χ1v) is 4.67. The molecule has 1 aromatic rings. The van der Waals surface area contributed by atoms with Gasteiger partial charge in [0.25, 0.3) is 0 Å². The van der Waals surface area contributed by atoms with Crippen LogP contribution in [0.5, 0.6) is 5.75 Å². The smallest absolute Gasteiger partial charge is 0.145 e. The van der Waals surface area contributed by atoms with Crippen LogP contribution in [0.25, 0.3) is 0 Å². The summed E-state index contributed by atoms with van der Waals surface area (Å²) in [7, 11) is 1.41. The lowest BCUT2D eigenvalue weighted by Crippen LogP contribution is -1.94. The van der Waals surface area contributed by atoms with Crippen LogP contribution in [0.2, 0.25) is 0 Å². The van der Waals surface area contributed by atoms with Gasteiger partial charge >= 0.3 is 0 Å². The lowest BCUT2D eigenvalue weighted by atomic mass is 10.1. The lowest BCUT2D eigenvalue weighted by molar-refractivity contribution is 0.409. The maximum atomic E-state index is 13.2. The second-order valence-corrected chi connectivity index (χ2v) is 2.96. The van der Waals surface area contributed by atoms with Crippen molar-refractivity contribution >= 4 is 15.9 Å². The molecule has 0 spiro atoms. The number of benzene rings is 1. The molecule has 0 atom stereocenters. The summed E-state index contributed by atoms with van der Waals surface area (Å²) < 4.78 is 18.0. The molecule has 1 aromatic carbocycles. The summed E-state index contributed by atoms with van der Waals surface area (Å²) in [6.45, 7) is 0. The molecule has 2 nitrogen and oxygen atoms in total. The van der Waals surface area contributed by atoms with Gasteiger partial charge in [-0.15, -0.1) is 0 Å². The van der Waals surface area contributed by atoms with Crippen molar-refractivity contribution in [1.29, 1.82) is 5.26 Å². The molecular weight excluding hydrogens is 237 g/mol. The Morgan fingerprint density at radius 1 is 1.62 bits per heavy atom. The van der Waals surface area contributed by atoms with Crippen LogP contribution in [0.4, 0.5) is 4.39 Å². The first-order chi connectivity index (χ1) is 6.22. The van der Waals surface area contributed by atoms with E-state index < -0.39 is 5.82 Å². The molecule has 1 rings (SSSR count). The molecule has 0 N–H and O–H groups in total. The fourth-order valence-corrected chi connectivity index (χ4v) is 1.31. The SMILES string of the molecule is COc1cc(CBr)cc(F)c1C#N. The third kappa shape index (κ3) is 1.99. The normalized spacial score (nSPS) is 9.38. The van der Waals surface area contributed by atoms with Crippen molar-refractivity contribution in [2.24, 2.45) is 0 Å². The van der Waals surface area contributed by atoms with Crippen molar-refractivity contribution in [3.05, 3.63) is 29.1 Å². The minimum absolute atomic E-state index is 0.0489. The van der Waals surface area contributed by atoms with Crippen LogP contribution in [0, 0.1) is 17.1 Å². The molecular formula is C9H7BrFNO. The lowest BCUT2D eigenvalue weighted by Gasteiger charge is -2.05. The van der Waals surface area contributed by atoms with Gasteiger partial charge < -0.3 is 4.74 Å². The molecule has 0 saturated carbocycles. The van der Waals surface area contributed by atoms with Crippen molar-refractivity contribution in [3.63, 3.8) is 0 Å². The van der Waals surface area contributed by atoms with E-state index in [2.05, 4.69) is 15.9 Å². The second kappa shape index (κ2) is 4.24. The molecule has 0 fully saturated rings. The number of hydrogen-bond donors (Lipinski definition) is 0. The summed E-state index contributed by atoms with van der Waals surface area (Å²) in [5.41, 5.74) is 0.695. The Balaban J connectivity index is 3.31. The van der Waals surface area contributed by atoms with Gasteiger partial charge in [0.2, 0.25) is 0 Å². The molecule has 0 aromatic heterocycles. The highest BCUT2D eigenvalue weighted by Crippen LogP contribution is 2.23. The van der Waals surface area contributed by atoms with E-state index in [1.54, 1.807) is 12.1 Å². The van der Waals surface area contributed by atoms with Crippen LogP contribution in [0.3, 0.4) is 0 Å². The average molecular weight is 244 g/mol. The Kier molecular flexibility index (Phi) is 3.26. The summed E-state index contributed by atoms with van der Waals surface area (Å²) in [6, 6.07) is 4.70. The summed E-state index contributed by atoms with van der Waals surface area (Å²) in [5, 5.41) is 9.15. The van der Waals surface area contributed by atoms with Crippen molar-refractivity contribution in [1.82, 2.24) is 0 Å². The highest BCUT2D eigenvalue weighted by Gasteiger charge is 2.10. The van der Waals surface area contributed by atoms with Crippen LogP contribution < -0.4 is 4.74 Å². The molecule has 0 aliphatic rings. The fourth-order valence-electron chi connectivity index (χ4n) is 0.981. The van der Waals surface area contributed by atoms with Crippen molar-refractivity contribution < 1.29 is 9.13 Å². The Labute approximate surface area is 84.1 Å². The van der Waals surface area contributed by atoms with Gasteiger partial charge in [-0.3, -0.25) is 0 Å². The van der Waals surface area contributed by atoms with Gasteiger partial charge in [0.1, 0.15) is 23.2 Å². The summed E-state index contributed by atoms with van der Waals surface area (Å²) in [6.07, 6.45) is 0. The minimum Gasteiger partial charge on any atom is -0.495 e. The van der Waals surface area contributed by atoms with E-state index in [4.69, 9.17) is 10.00 Å². The predicted molar refractivity (Wildman–Crippen MR) is 50.3 cm³/mol. The molecule has 0 amide bonds. The number of nitriles is 1. The molecule has 0 bridgehead atoms. The number of methoxy groups -OCH3 is 1. The molecule has 0 heterocycles. The molecule has 0 aliphatic carbocycles. The Bertz CT molecular complexity index is 359. The molecule has 0 saturated heterocycles. The quantitative estimate of drug-likeness (QED) is 0.749. The monoisotopic (exact) mass is 243 g/mol. The summed E-state index contributed by atoms with van der Waals surface area (Å²) in [5.74, 6) is -0.270. The third-order valence-electron chi connectivity index (χ3n) is 1.60. The number of rotatable bonds is 2. The summed E-state index contributed by atoms with van der Waals surface area (Å²) in [4.78, 5) is 0. The van der Waals surface area contributed by atoms with Crippen LogP contribution in [-0.4, -0.2) is 7.11 Å². The standard InChI is InChI=1S/C9H7BrFNO/c1-13-9-3-6(4-10)2-8(11)7(9)5-12/h2-3H,4H2,1H3. The zero-order valence-electron chi connectivity index (χ0n) is 6.97. The Hall–Kier alpha value is -1.08. The van der Waals surface area contributed by atoms with Crippen molar-refractivity contribution in [2.45, 2.75) is 5.33 Å². The van der Waals surface area contributed by atoms with Gasteiger partial charge in [-0.25, -0.2) is 4.39 Å². The van der Waals surface area contributed by atoms with Gasteiger partial charge in [-0.05, 0) is 17.7 Å². The number of nitrogens with zero attached hydrogens (tertiary/aromatic N) is 1. The zero-order valence-corrected chi connectivity index (χ0v) is 8.56. The molecule has 0 radical (unpaired) electrons. The van der Waals surface area contributed by atoms with Gasteiger partial charge in [-0.2, -0.15) is 5.26 Å². The van der Waals surface area contributed by atoms with Gasteiger partial charge in [0.15, 0.2) is 0 Å². The number of alkyl halides is 1. The van der Waals surface area contributed by atoms with Crippen LogP contribution in [-0.2, 0) is 5.33 Å². The molecule has 0 aliphatic heterocycles. The fraction of sp³-hybridized carbons (Fsp3) is 0.222. The molecule has 4 heteroatoms. The van der Waals surface area contributed by atoms with Crippen LogP contribution in [0.15, 0.2) is 12.1 Å². The zero-order chi connectivity index (χ0) is 9.84. The van der Waals surface area contributed by atoms with E-state index in [9.17, 15) is 4.39 Å². The maximum absolute atomic E-state index is 13.2. The Morgan fingerprint density at radius 3 is 2.77 bits per heavy atom. The van der Waals surface area contributed by atoms with Crippen LogP contribution in [0.1, 0.15) is 11.1 Å². The molecule has 68 valence electrons. The Morgan fingerprint density at radius 2 is 2.31 bits per heavy atom. The topological polar surface area (TPSA) is 33.0 Å². The van der Waals surface area contributed by atoms with E-state index in [0.717, 1.165) is 5.56 Å². The van der Waals surface area contributed by atoms with E-state index >= 15 is 0 Å². The second-order valence-electron chi connectivity index (χ2n) is 2.40. The average Bonchev–Trinajstić information content (AvgIpc) is 2.16. The van der Waals surface area contributed by atoms with E-state index in [1.165, 1.54) is 13.2 Å². The van der Waals surface area contributed by atoms with Gasteiger partial charge in [-0.1, -0.05) is 15.9 Å². The van der Waals surface area contributed by atoms with Gasteiger partial charge in [0.05, 0.1) is 7.11 Å². The van der Waals surface area contributed by atoms with Crippen molar-refractivity contribution in [3.8, 4) is 11.8 Å². The van der Waals surface area contributed by atoms with Gasteiger partial charge in [0, 0.05) is 5.33 Å². The number of ether oxygens (including phenoxy) is 1. The van der Waals surface area contributed by atoms with E-state index in [0.29, 0.717) is 5.33 Å². The molecule has 13 heavy (non-hydrogen) atoms. The van der Waals surface area contributed by atoms with Crippen molar-refractivity contribution in [2.75, 3.05) is 7.11 Å². The number of halogens is 2. The summed E-state index contributed by atoms with van der Waals surface area (Å²) >= 11 is 3.20.